The van der Waals surface area contributed by atoms with E-state index in [0.29, 0.717) is 13.0 Å². The van der Waals surface area contributed by atoms with Gasteiger partial charge in [0.2, 0.25) is 11.8 Å². The molecule has 1 atom stereocenters. The molecule has 1 unspecified atom stereocenters. The van der Waals surface area contributed by atoms with Crippen molar-refractivity contribution in [1.29, 1.82) is 0 Å². The normalized spacial score (nSPS) is 25.4. The maximum atomic E-state index is 12.5. The van der Waals surface area contributed by atoms with Gasteiger partial charge in [-0.05, 0) is 32.9 Å². The van der Waals surface area contributed by atoms with Crippen LogP contribution in [0, 0.1) is 0 Å². The lowest BCUT2D eigenvalue weighted by molar-refractivity contribution is -0.139. The van der Waals surface area contributed by atoms with Crippen molar-refractivity contribution in [3.05, 3.63) is 0 Å². The number of carbonyl (C=O) groups is 2. The van der Waals surface area contributed by atoms with Gasteiger partial charge in [0.05, 0.1) is 0 Å². The summed E-state index contributed by atoms with van der Waals surface area (Å²) in [5.41, 5.74) is 0. The van der Waals surface area contributed by atoms with Gasteiger partial charge in [0.15, 0.2) is 0 Å². The van der Waals surface area contributed by atoms with Crippen LogP contribution in [0.5, 0.6) is 0 Å². The number of carbonyl (C=O) groups excluding carboxylic acids is 2. The molecular formula is C13H22N2O2S. The highest BCUT2D eigenvalue weighted by molar-refractivity contribution is 7.99. The van der Waals surface area contributed by atoms with E-state index in [1.807, 2.05) is 4.90 Å². The van der Waals surface area contributed by atoms with E-state index in [-0.39, 0.29) is 22.6 Å². The van der Waals surface area contributed by atoms with E-state index in [2.05, 4.69) is 20.1 Å². The summed E-state index contributed by atoms with van der Waals surface area (Å²) < 4.78 is 0.0481. The number of rotatable bonds is 3. The fourth-order valence-corrected chi connectivity index (χ4v) is 2.98. The van der Waals surface area contributed by atoms with Crippen LogP contribution in [0.15, 0.2) is 0 Å². The van der Waals surface area contributed by atoms with Crippen LogP contribution in [0.3, 0.4) is 0 Å². The maximum absolute atomic E-state index is 12.5. The lowest BCUT2D eigenvalue weighted by atomic mass is 10.1. The highest BCUT2D eigenvalue weighted by Crippen LogP contribution is 2.27. The van der Waals surface area contributed by atoms with Gasteiger partial charge in [0.1, 0.15) is 6.04 Å². The second-order valence-electron chi connectivity index (χ2n) is 5.72. The predicted octanol–water partition coefficient (Wildman–Crippen LogP) is 1.35. The van der Waals surface area contributed by atoms with Gasteiger partial charge >= 0.3 is 0 Å². The number of amides is 2. The average Bonchev–Trinajstić information content (AvgIpc) is 2.78. The van der Waals surface area contributed by atoms with Gasteiger partial charge in [-0.3, -0.25) is 9.59 Å². The first-order valence-corrected chi connectivity index (χ1v) is 7.80. The van der Waals surface area contributed by atoms with Crippen molar-refractivity contribution in [2.75, 3.05) is 25.9 Å². The van der Waals surface area contributed by atoms with Crippen molar-refractivity contribution in [3.8, 4) is 0 Å². The Kier molecular flexibility index (Phi) is 3.90. The first-order valence-electron chi connectivity index (χ1n) is 6.58. The summed E-state index contributed by atoms with van der Waals surface area (Å²) in [5.74, 6) is 0.302. The quantitative estimate of drug-likeness (QED) is 0.777. The minimum Gasteiger partial charge on any atom is -0.339 e. The maximum Gasteiger partial charge on any atom is 0.245 e. The van der Waals surface area contributed by atoms with E-state index in [1.54, 1.807) is 16.7 Å². The van der Waals surface area contributed by atoms with Gasteiger partial charge in [0, 0.05) is 30.8 Å². The second-order valence-corrected chi connectivity index (χ2v) is 7.23. The first-order chi connectivity index (χ1) is 8.44. The largest absolute Gasteiger partial charge is 0.339 e. The number of hydrogen-bond acceptors (Lipinski definition) is 3. The lowest BCUT2D eigenvalue weighted by Gasteiger charge is -2.32. The molecule has 0 aromatic heterocycles. The van der Waals surface area contributed by atoms with Gasteiger partial charge in [0.25, 0.3) is 0 Å². The van der Waals surface area contributed by atoms with Crippen LogP contribution in [0.25, 0.3) is 0 Å². The number of nitrogens with zero attached hydrogens (tertiary/aromatic N) is 2. The Balaban J connectivity index is 2.13. The highest BCUT2D eigenvalue weighted by Gasteiger charge is 2.40. The topological polar surface area (TPSA) is 40.6 Å². The molecule has 0 aliphatic carbocycles. The average molecular weight is 270 g/mol. The molecule has 0 radical (unpaired) electrons. The third-order valence-corrected chi connectivity index (χ3v) is 5.12. The monoisotopic (exact) mass is 270 g/mol. The molecule has 2 aliphatic rings. The SMILES string of the molecule is CSC(C)(C)CN1CCC(=O)N2CCCC2C1=O. The van der Waals surface area contributed by atoms with Crippen LogP contribution in [0.1, 0.15) is 33.1 Å². The number of thioether (sulfide) groups is 1. The Morgan fingerprint density at radius 2 is 2.06 bits per heavy atom. The summed E-state index contributed by atoms with van der Waals surface area (Å²) >= 11 is 1.76. The number of fused-ring (bicyclic) bond motifs is 1. The van der Waals surface area contributed by atoms with Crippen LogP contribution in [0.4, 0.5) is 0 Å². The van der Waals surface area contributed by atoms with Crippen molar-refractivity contribution < 1.29 is 9.59 Å². The van der Waals surface area contributed by atoms with Crippen LogP contribution < -0.4 is 0 Å². The Morgan fingerprint density at radius 1 is 1.33 bits per heavy atom. The van der Waals surface area contributed by atoms with E-state index < -0.39 is 0 Å². The van der Waals surface area contributed by atoms with Crippen LogP contribution in [-0.2, 0) is 9.59 Å². The molecule has 0 saturated carbocycles. The standard InChI is InChI=1S/C13H22N2O2S/c1-13(2,18-3)9-14-8-6-11(16)15-7-4-5-10(15)12(14)17/h10H,4-9H2,1-3H3. The molecular weight excluding hydrogens is 248 g/mol. The summed E-state index contributed by atoms with van der Waals surface area (Å²) in [7, 11) is 0. The minimum absolute atomic E-state index is 0.0481. The van der Waals surface area contributed by atoms with E-state index >= 15 is 0 Å². The molecule has 2 rings (SSSR count). The molecule has 5 heteroatoms. The van der Waals surface area contributed by atoms with Crippen molar-refractivity contribution in [2.45, 2.75) is 43.9 Å². The molecule has 0 bridgehead atoms. The zero-order chi connectivity index (χ0) is 13.3. The molecule has 2 fully saturated rings. The van der Waals surface area contributed by atoms with E-state index in [4.69, 9.17) is 0 Å². The minimum atomic E-state index is -0.183. The molecule has 18 heavy (non-hydrogen) atoms. The van der Waals surface area contributed by atoms with Crippen molar-refractivity contribution in [2.24, 2.45) is 0 Å². The first kappa shape index (κ1) is 13.7. The van der Waals surface area contributed by atoms with Gasteiger partial charge < -0.3 is 9.80 Å². The summed E-state index contributed by atoms with van der Waals surface area (Å²) in [6, 6.07) is -0.183. The number of hydrogen-bond donors (Lipinski definition) is 0. The van der Waals surface area contributed by atoms with Gasteiger partial charge in [-0.25, -0.2) is 0 Å². The van der Waals surface area contributed by atoms with Crippen molar-refractivity contribution >= 4 is 23.6 Å². The molecule has 4 nitrogen and oxygen atoms in total. The van der Waals surface area contributed by atoms with Gasteiger partial charge in [-0.1, -0.05) is 0 Å². The molecule has 102 valence electrons. The summed E-state index contributed by atoms with van der Waals surface area (Å²) in [6.07, 6.45) is 4.34. The molecule has 2 aliphatic heterocycles. The molecule has 2 saturated heterocycles. The third kappa shape index (κ3) is 2.66. The van der Waals surface area contributed by atoms with Crippen molar-refractivity contribution in [1.82, 2.24) is 9.80 Å². The van der Waals surface area contributed by atoms with Crippen LogP contribution in [-0.4, -0.2) is 58.3 Å². The van der Waals surface area contributed by atoms with Gasteiger partial charge in [-0.2, -0.15) is 11.8 Å². The molecule has 0 N–H and O–H groups in total. The Bertz CT molecular complexity index is 357. The van der Waals surface area contributed by atoms with E-state index in [0.717, 1.165) is 25.9 Å². The fraction of sp³-hybridized carbons (Fsp3) is 0.846. The summed E-state index contributed by atoms with van der Waals surface area (Å²) in [4.78, 5) is 28.1. The van der Waals surface area contributed by atoms with E-state index in [9.17, 15) is 9.59 Å². The van der Waals surface area contributed by atoms with Crippen LogP contribution >= 0.6 is 11.8 Å². The molecule has 0 spiro atoms. The molecule has 2 heterocycles. The van der Waals surface area contributed by atoms with Crippen LogP contribution in [0.2, 0.25) is 0 Å². The zero-order valence-corrected chi connectivity index (χ0v) is 12.3. The molecule has 0 aromatic carbocycles. The Labute approximate surface area is 113 Å². The van der Waals surface area contributed by atoms with Crippen molar-refractivity contribution in [3.63, 3.8) is 0 Å². The summed E-state index contributed by atoms with van der Waals surface area (Å²) in [6.45, 7) is 6.35. The lowest BCUT2D eigenvalue weighted by Crippen LogP contribution is -2.47. The Hall–Kier alpha value is -0.710. The Morgan fingerprint density at radius 3 is 2.72 bits per heavy atom. The predicted molar refractivity (Wildman–Crippen MR) is 73.5 cm³/mol. The second kappa shape index (κ2) is 5.11. The third-order valence-electron chi connectivity index (χ3n) is 3.89. The highest BCUT2D eigenvalue weighted by atomic mass is 32.2. The smallest absolute Gasteiger partial charge is 0.245 e. The zero-order valence-electron chi connectivity index (χ0n) is 11.4. The fourth-order valence-electron chi connectivity index (χ4n) is 2.70. The summed E-state index contributed by atoms with van der Waals surface area (Å²) in [5, 5.41) is 0. The van der Waals surface area contributed by atoms with E-state index in [1.165, 1.54) is 0 Å². The molecule has 0 aromatic rings. The van der Waals surface area contributed by atoms with Gasteiger partial charge in [-0.15, -0.1) is 0 Å². The molecule has 2 amide bonds.